The fourth-order valence-electron chi connectivity index (χ4n) is 13.4. The molecular formula is C75H68N6O. The van der Waals surface area contributed by atoms with Crippen molar-refractivity contribution in [2.45, 2.75) is 110 Å². The van der Waals surface area contributed by atoms with Gasteiger partial charge in [0, 0.05) is 47.8 Å². The van der Waals surface area contributed by atoms with Crippen LogP contribution in [0, 0.1) is 6.33 Å². The van der Waals surface area contributed by atoms with Crippen LogP contribution >= 0.6 is 0 Å². The molecule has 1 aliphatic heterocycles. The number of ether oxygens (including phenoxy) is 1. The number of fused-ring (bicyclic) bond motifs is 12. The minimum atomic E-state index is -0.794. The van der Waals surface area contributed by atoms with Crippen LogP contribution in [0.2, 0.25) is 0 Å². The Balaban J connectivity index is 1.12. The first kappa shape index (κ1) is 51.2. The van der Waals surface area contributed by atoms with E-state index in [-0.39, 0.29) is 21.7 Å². The van der Waals surface area contributed by atoms with Crippen LogP contribution in [0.1, 0.15) is 128 Å². The average Bonchev–Trinajstić information content (AvgIpc) is 1.51. The predicted octanol–water partition coefficient (Wildman–Crippen LogP) is 18.0. The quantitative estimate of drug-likeness (QED) is 0.123. The molecule has 14 rings (SSSR count). The van der Waals surface area contributed by atoms with Crippen LogP contribution < -0.4 is 9.30 Å². The van der Waals surface area contributed by atoms with Gasteiger partial charge in [-0.15, -0.1) is 0 Å². The highest BCUT2D eigenvalue weighted by Gasteiger charge is 2.55. The summed E-state index contributed by atoms with van der Waals surface area (Å²) in [6, 6.07) is 60.2. The summed E-state index contributed by atoms with van der Waals surface area (Å²) in [5, 5.41) is 2.30. The van der Waals surface area contributed by atoms with Crippen LogP contribution in [-0.2, 0) is 27.1 Å². The fourth-order valence-corrected chi connectivity index (χ4v) is 13.4. The van der Waals surface area contributed by atoms with E-state index in [0.717, 1.165) is 83.8 Å². The number of pyridine rings is 3. The highest BCUT2D eigenvalue weighted by Crippen LogP contribution is 2.65. The van der Waals surface area contributed by atoms with Gasteiger partial charge in [-0.1, -0.05) is 174 Å². The van der Waals surface area contributed by atoms with E-state index in [2.05, 4.69) is 265 Å². The van der Waals surface area contributed by atoms with Gasteiger partial charge in [0.25, 0.3) is 6.33 Å². The number of nitrogens with zero attached hydrogens (tertiary/aromatic N) is 6. The standard InChI is InChI=1S/C75H68N6O/c1-71(2,3)48-39-56-57-40-49(72(4,5)6)42-61(74(10,11)12)68(57)75(67(56)60(41-48)73(7,8)9)58-29-27-51(82-50-26-28-55-54-19-13-14-23-62(54)81(64(55)43-50)66-25-15-16-34-78-66)44-65(58)80-45-79(63-24-18-22-59(75)70(63)80)69-52(46-30-35-76-36-31-46)20-17-21-53(69)47-32-37-77-38-33-47/h13-44H,1-12H3. The molecule has 0 bridgehead atoms. The number of rotatable bonds is 6. The Kier molecular flexibility index (Phi) is 11.3. The molecule has 1 spiro atoms. The smallest absolute Gasteiger partial charge is 0.269 e. The van der Waals surface area contributed by atoms with Gasteiger partial charge in [-0.2, -0.15) is 0 Å². The van der Waals surface area contributed by atoms with E-state index in [9.17, 15) is 0 Å². The zero-order valence-corrected chi connectivity index (χ0v) is 49.1. The van der Waals surface area contributed by atoms with Gasteiger partial charge in [-0.25, -0.2) is 4.98 Å². The van der Waals surface area contributed by atoms with Crippen molar-refractivity contribution in [3.63, 3.8) is 0 Å². The molecule has 82 heavy (non-hydrogen) atoms. The first-order valence-corrected chi connectivity index (χ1v) is 28.8. The zero-order valence-electron chi connectivity index (χ0n) is 49.1. The Morgan fingerprint density at radius 3 is 1.61 bits per heavy atom. The molecule has 0 amide bonds. The van der Waals surface area contributed by atoms with Crippen LogP contribution in [0.4, 0.5) is 0 Å². The fraction of sp³-hybridized carbons (Fsp3) is 0.227. The molecule has 2 aliphatic rings. The van der Waals surface area contributed by atoms with Gasteiger partial charge in [0.2, 0.25) is 0 Å². The number of para-hydroxylation sites is 3. The van der Waals surface area contributed by atoms with Crippen molar-refractivity contribution in [2.75, 3.05) is 0 Å². The van der Waals surface area contributed by atoms with E-state index >= 15 is 0 Å². The molecule has 12 aromatic rings. The van der Waals surface area contributed by atoms with Gasteiger partial charge in [0.05, 0.1) is 38.9 Å². The summed E-state index contributed by atoms with van der Waals surface area (Å²) in [5.41, 5.74) is 22.1. The minimum absolute atomic E-state index is 0.116. The second-order valence-corrected chi connectivity index (χ2v) is 26.8. The van der Waals surface area contributed by atoms with Gasteiger partial charge >= 0.3 is 0 Å². The Morgan fingerprint density at radius 1 is 0.463 bits per heavy atom. The van der Waals surface area contributed by atoms with Crippen LogP contribution in [0.15, 0.2) is 195 Å². The van der Waals surface area contributed by atoms with E-state index in [1.807, 2.05) is 43.1 Å². The lowest BCUT2D eigenvalue weighted by Gasteiger charge is -2.44. The molecule has 1 aliphatic carbocycles. The number of hydrogen-bond acceptors (Lipinski definition) is 4. The molecule has 0 atom stereocenters. The first-order valence-electron chi connectivity index (χ1n) is 28.8. The Labute approximate surface area is 481 Å². The van der Waals surface area contributed by atoms with Crippen molar-refractivity contribution in [3.8, 4) is 62.1 Å². The summed E-state index contributed by atoms with van der Waals surface area (Å²) in [6.07, 6.45) is 13.5. The normalized spacial score (nSPS) is 13.7. The molecule has 404 valence electrons. The van der Waals surface area contributed by atoms with E-state index in [0.29, 0.717) is 0 Å². The summed E-state index contributed by atoms with van der Waals surface area (Å²) in [7, 11) is 0. The maximum absolute atomic E-state index is 7.24. The van der Waals surface area contributed by atoms with Crippen molar-refractivity contribution in [1.29, 1.82) is 0 Å². The Bertz CT molecular complexity index is 4420. The van der Waals surface area contributed by atoms with Crippen molar-refractivity contribution in [2.24, 2.45) is 0 Å². The minimum Gasteiger partial charge on any atom is -0.458 e. The molecule has 7 heteroatoms. The van der Waals surface area contributed by atoms with Crippen molar-refractivity contribution >= 4 is 32.8 Å². The molecule has 0 radical (unpaired) electrons. The van der Waals surface area contributed by atoms with Gasteiger partial charge in [-0.05, 0) is 166 Å². The second kappa shape index (κ2) is 18.0. The highest BCUT2D eigenvalue weighted by atomic mass is 16.5. The summed E-state index contributed by atoms with van der Waals surface area (Å²) in [6.45, 7) is 28.6. The molecule has 0 saturated heterocycles. The molecule has 0 saturated carbocycles. The topological polar surface area (TPSA) is 61.6 Å². The van der Waals surface area contributed by atoms with E-state index in [1.54, 1.807) is 0 Å². The number of benzene rings is 7. The highest BCUT2D eigenvalue weighted by molar-refractivity contribution is 6.09. The molecule has 7 nitrogen and oxygen atoms in total. The van der Waals surface area contributed by atoms with Crippen molar-refractivity contribution < 1.29 is 9.30 Å². The first-order chi connectivity index (χ1) is 39.2. The molecule has 5 aromatic heterocycles. The van der Waals surface area contributed by atoms with Crippen LogP contribution in [0.25, 0.3) is 83.4 Å². The summed E-state index contributed by atoms with van der Waals surface area (Å²) < 4.78 is 14.1. The molecule has 6 heterocycles. The van der Waals surface area contributed by atoms with E-state index < -0.39 is 5.41 Å². The van der Waals surface area contributed by atoms with Crippen LogP contribution in [0.3, 0.4) is 0 Å². The van der Waals surface area contributed by atoms with E-state index in [1.165, 1.54) is 55.6 Å². The third kappa shape index (κ3) is 7.76. The van der Waals surface area contributed by atoms with Gasteiger partial charge in [0.1, 0.15) is 17.3 Å². The monoisotopic (exact) mass is 1070 g/mol. The lowest BCUT2D eigenvalue weighted by Crippen LogP contribution is -2.38. The maximum Gasteiger partial charge on any atom is 0.269 e. The zero-order chi connectivity index (χ0) is 56.8. The average molecular weight is 1070 g/mol. The lowest BCUT2D eigenvalue weighted by molar-refractivity contribution is -0.571. The SMILES string of the molecule is CC(C)(C)c1cc2c(c(C(C)(C)C)c1)C1(c3ccc(Oc4ccc5c6ccccc6n(-c6ccccn6)c5c4)cc3-n3[c-][n+](-c4c(-c5ccncc5)cccc4-c4ccncc4)c4cccc1c43)c1c-2cc(C(C)(C)C)cc1C(C)(C)C. The van der Waals surface area contributed by atoms with Crippen molar-refractivity contribution in [1.82, 2.24) is 24.1 Å². The van der Waals surface area contributed by atoms with Gasteiger partial charge in [-0.3, -0.25) is 23.7 Å². The molecule has 0 fully saturated rings. The summed E-state index contributed by atoms with van der Waals surface area (Å²) in [4.78, 5) is 13.8. The largest absolute Gasteiger partial charge is 0.458 e. The van der Waals surface area contributed by atoms with Gasteiger partial charge in [0.15, 0.2) is 0 Å². The Hall–Kier alpha value is -8.94. The summed E-state index contributed by atoms with van der Waals surface area (Å²) >= 11 is 0. The molecule has 0 unspecified atom stereocenters. The van der Waals surface area contributed by atoms with E-state index in [4.69, 9.17) is 9.72 Å². The Morgan fingerprint density at radius 2 is 1.02 bits per heavy atom. The van der Waals surface area contributed by atoms with Crippen LogP contribution in [0.5, 0.6) is 11.5 Å². The molecule has 7 aromatic carbocycles. The summed E-state index contributed by atoms with van der Waals surface area (Å²) in [5.74, 6) is 2.31. The number of hydrogen-bond donors (Lipinski definition) is 0. The molecular weight excluding hydrogens is 1000 g/mol. The number of aromatic nitrogens is 6. The maximum atomic E-state index is 7.24. The number of imidazole rings is 1. The molecule has 0 N–H and O–H groups in total. The second-order valence-electron chi connectivity index (χ2n) is 26.8. The van der Waals surface area contributed by atoms with Crippen molar-refractivity contribution in [3.05, 3.63) is 246 Å². The lowest BCUT2D eigenvalue weighted by atomic mass is 9.60. The predicted molar refractivity (Wildman–Crippen MR) is 334 cm³/mol. The van der Waals surface area contributed by atoms with Crippen LogP contribution in [-0.4, -0.2) is 24.1 Å². The third-order valence-corrected chi connectivity index (χ3v) is 17.4. The van der Waals surface area contributed by atoms with Gasteiger partial charge < -0.3 is 4.74 Å². The third-order valence-electron chi connectivity index (χ3n) is 17.4.